The quantitative estimate of drug-likeness (QED) is 0.516. The molecule has 7 heteroatoms. The molecule has 0 atom stereocenters. The Kier molecular flexibility index (Phi) is 4.05. The van der Waals surface area contributed by atoms with Gasteiger partial charge in [0.05, 0.1) is 6.54 Å². The van der Waals surface area contributed by atoms with Gasteiger partial charge in [0, 0.05) is 22.0 Å². The van der Waals surface area contributed by atoms with E-state index in [4.69, 9.17) is 16.0 Å². The number of tetrazole rings is 1. The molecule has 2 heterocycles. The summed E-state index contributed by atoms with van der Waals surface area (Å²) in [7, 11) is 0. The zero-order chi connectivity index (χ0) is 18.3. The van der Waals surface area contributed by atoms with Crippen LogP contribution in [-0.2, 0) is 6.54 Å². The Bertz CT molecular complexity index is 1160. The molecule has 0 spiro atoms. The number of halogens is 1. The van der Waals surface area contributed by atoms with E-state index in [1.807, 2.05) is 38.1 Å². The second kappa shape index (κ2) is 6.38. The SMILES string of the molecule is Cc1ccc2c(Cn3nnc(-c4ccc(Cl)cc4)n3)cc(=O)oc2c1C. The average Bonchev–Trinajstić information content (AvgIpc) is 3.07. The van der Waals surface area contributed by atoms with Gasteiger partial charge in [-0.3, -0.25) is 0 Å². The molecule has 0 aliphatic carbocycles. The van der Waals surface area contributed by atoms with Crippen molar-refractivity contribution in [2.45, 2.75) is 20.4 Å². The summed E-state index contributed by atoms with van der Waals surface area (Å²) in [5, 5.41) is 14.1. The summed E-state index contributed by atoms with van der Waals surface area (Å²) < 4.78 is 5.40. The molecule has 0 aliphatic heterocycles. The first kappa shape index (κ1) is 16.5. The maximum atomic E-state index is 12.0. The zero-order valence-corrected chi connectivity index (χ0v) is 15.0. The van der Waals surface area contributed by atoms with Crippen molar-refractivity contribution >= 4 is 22.6 Å². The normalized spacial score (nSPS) is 11.2. The Hall–Kier alpha value is -2.99. The summed E-state index contributed by atoms with van der Waals surface area (Å²) in [6, 6.07) is 12.7. The van der Waals surface area contributed by atoms with Gasteiger partial charge >= 0.3 is 5.63 Å². The Morgan fingerprint density at radius 1 is 1.12 bits per heavy atom. The van der Waals surface area contributed by atoms with Crippen LogP contribution in [-0.4, -0.2) is 20.2 Å². The van der Waals surface area contributed by atoms with E-state index in [0.717, 1.165) is 27.6 Å². The van der Waals surface area contributed by atoms with Crippen LogP contribution in [0.4, 0.5) is 0 Å². The van der Waals surface area contributed by atoms with Crippen molar-refractivity contribution in [2.24, 2.45) is 0 Å². The minimum atomic E-state index is -0.390. The van der Waals surface area contributed by atoms with Gasteiger partial charge in [0.25, 0.3) is 0 Å². The smallest absolute Gasteiger partial charge is 0.336 e. The van der Waals surface area contributed by atoms with Crippen molar-refractivity contribution < 1.29 is 4.42 Å². The Morgan fingerprint density at radius 2 is 1.88 bits per heavy atom. The molecule has 2 aromatic heterocycles. The summed E-state index contributed by atoms with van der Waals surface area (Å²) >= 11 is 5.91. The van der Waals surface area contributed by atoms with Crippen LogP contribution < -0.4 is 5.63 Å². The molecule has 0 radical (unpaired) electrons. The molecule has 4 rings (SSSR count). The Labute approximate surface area is 154 Å². The van der Waals surface area contributed by atoms with Crippen LogP contribution in [0.25, 0.3) is 22.4 Å². The molecule has 0 aliphatic rings. The highest BCUT2D eigenvalue weighted by molar-refractivity contribution is 6.30. The maximum absolute atomic E-state index is 12.0. The standard InChI is InChI=1S/C19H15ClN4O2/c1-11-3-8-16-14(9-17(25)26-18(16)12(11)2)10-24-22-19(21-23-24)13-4-6-15(20)7-5-13/h3-9H,10H2,1-2H3. The topological polar surface area (TPSA) is 73.8 Å². The van der Waals surface area contributed by atoms with E-state index >= 15 is 0 Å². The number of fused-ring (bicyclic) bond motifs is 1. The number of nitrogens with zero attached hydrogens (tertiary/aromatic N) is 4. The first-order chi connectivity index (χ1) is 12.5. The minimum absolute atomic E-state index is 0.325. The number of aromatic nitrogens is 4. The second-order valence-electron chi connectivity index (χ2n) is 6.13. The van der Waals surface area contributed by atoms with Crippen molar-refractivity contribution in [3.05, 3.63) is 74.6 Å². The number of aryl methyl sites for hydroxylation is 2. The van der Waals surface area contributed by atoms with E-state index < -0.39 is 0 Å². The van der Waals surface area contributed by atoms with Crippen molar-refractivity contribution in [3.63, 3.8) is 0 Å². The number of hydrogen-bond acceptors (Lipinski definition) is 5. The fraction of sp³-hybridized carbons (Fsp3) is 0.158. The van der Waals surface area contributed by atoms with E-state index in [2.05, 4.69) is 15.4 Å². The van der Waals surface area contributed by atoms with E-state index in [-0.39, 0.29) is 5.63 Å². The van der Waals surface area contributed by atoms with E-state index in [1.165, 1.54) is 10.9 Å². The lowest BCUT2D eigenvalue weighted by Crippen LogP contribution is -2.09. The molecule has 26 heavy (non-hydrogen) atoms. The molecule has 0 unspecified atom stereocenters. The highest BCUT2D eigenvalue weighted by atomic mass is 35.5. The van der Waals surface area contributed by atoms with Gasteiger partial charge in [0.2, 0.25) is 5.82 Å². The van der Waals surface area contributed by atoms with Crippen LogP contribution in [0, 0.1) is 13.8 Å². The van der Waals surface area contributed by atoms with Gasteiger partial charge in [-0.25, -0.2) is 4.79 Å². The summed E-state index contributed by atoms with van der Waals surface area (Å²) in [5.41, 5.74) is 3.85. The van der Waals surface area contributed by atoms with E-state index in [1.54, 1.807) is 12.1 Å². The van der Waals surface area contributed by atoms with Crippen LogP contribution in [0.5, 0.6) is 0 Å². The number of hydrogen-bond donors (Lipinski definition) is 0. The first-order valence-electron chi connectivity index (χ1n) is 8.08. The van der Waals surface area contributed by atoms with Crippen LogP contribution in [0.1, 0.15) is 16.7 Å². The van der Waals surface area contributed by atoms with Gasteiger partial charge in [-0.15, -0.1) is 10.2 Å². The van der Waals surface area contributed by atoms with Crippen molar-refractivity contribution in [2.75, 3.05) is 0 Å². The monoisotopic (exact) mass is 366 g/mol. The summed E-state index contributed by atoms with van der Waals surface area (Å²) in [5.74, 6) is 0.501. The molecule has 0 fully saturated rings. The largest absolute Gasteiger partial charge is 0.422 e. The molecular weight excluding hydrogens is 352 g/mol. The fourth-order valence-electron chi connectivity index (χ4n) is 2.83. The van der Waals surface area contributed by atoms with Crippen LogP contribution >= 0.6 is 11.6 Å². The van der Waals surface area contributed by atoms with Crippen molar-refractivity contribution in [3.8, 4) is 11.4 Å². The molecule has 6 nitrogen and oxygen atoms in total. The molecule has 0 amide bonds. The molecule has 0 saturated carbocycles. The van der Waals surface area contributed by atoms with Crippen molar-refractivity contribution in [1.82, 2.24) is 20.2 Å². The van der Waals surface area contributed by atoms with Gasteiger partial charge < -0.3 is 4.42 Å². The lowest BCUT2D eigenvalue weighted by molar-refractivity contribution is 0.543. The van der Waals surface area contributed by atoms with Crippen molar-refractivity contribution in [1.29, 1.82) is 0 Å². The van der Waals surface area contributed by atoms with Crippen LogP contribution in [0.2, 0.25) is 5.02 Å². The molecule has 2 aromatic carbocycles. The van der Waals surface area contributed by atoms with Gasteiger partial charge in [-0.2, -0.15) is 4.80 Å². The second-order valence-corrected chi connectivity index (χ2v) is 6.56. The van der Waals surface area contributed by atoms with Gasteiger partial charge in [0.15, 0.2) is 0 Å². The van der Waals surface area contributed by atoms with Crippen LogP contribution in [0.15, 0.2) is 51.7 Å². The van der Waals surface area contributed by atoms with E-state index in [0.29, 0.717) is 23.0 Å². The number of benzene rings is 2. The molecule has 0 bridgehead atoms. The molecule has 4 aromatic rings. The zero-order valence-electron chi connectivity index (χ0n) is 14.2. The summed E-state index contributed by atoms with van der Waals surface area (Å²) in [4.78, 5) is 13.4. The highest BCUT2D eigenvalue weighted by Gasteiger charge is 2.12. The summed E-state index contributed by atoms with van der Waals surface area (Å²) in [6.07, 6.45) is 0. The van der Waals surface area contributed by atoms with Crippen LogP contribution in [0.3, 0.4) is 0 Å². The third-order valence-electron chi connectivity index (χ3n) is 4.38. The minimum Gasteiger partial charge on any atom is -0.422 e. The number of rotatable bonds is 3. The predicted molar refractivity (Wildman–Crippen MR) is 99.3 cm³/mol. The Morgan fingerprint density at radius 3 is 2.65 bits per heavy atom. The molecule has 130 valence electrons. The van der Waals surface area contributed by atoms with Gasteiger partial charge in [-0.1, -0.05) is 23.7 Å². The molecular formula is C19H15ClN4O2. The van der Waals surface area contributed by atoms with E-state index in [9.17, 15) is 4.79 Å². The third-order valence-corrected chi connectivity index (χ3v) is 4.64. The predicted octanol–water partition coefficient (Wildman–Crippen LogP) is 3.77. The molecule has 0 N–H and O–H groups in total. The average molecular weight is 367 g/mol. The highest BCUT2D eigenvalue weighted by Crippen LogP contribution is 2.24. The van der Waals surface area contributed by atoms with Gasteiger partial charge in [0.1, 0.15) is 5.58 Å². The first-order valence-corrected chi connectivity index (χ1v) is 8.46. The Balaban J connectivity index is 1.73. The lowest BCUT2D eigenvalue weighted by Gasteiger charge is -2.08. The maximum Gasteiger partial charge on any atom is 0.336 e. The van der Waals surface area contributed by atoms with Gasteiger partial charge in [-0.05, 0) is 60.0 Å². The summed E-state index contributed by atoms with van der Waals surface area (Å²) in [6.45, 7) is 4.25. The lowest BCUT2D eigenvalue weighted by atomic mass is 10.0. The fourth-order valence-corrected chi connectivity index (χ4v) is 2.96. The third kappa shape index (κ3) is 2.99. The molecule has 0 saturated heterocycles.